The van der Waals surface area contributed by atoms with Gasteiger partial charge in [0, 0.05) is 13.1 Å². The predicted molar refractivity (Wildman–Crippen MR) is 118 cm³/mol. The first kappa shape index (κ1) is 21.6. The van der Waals surface area contributed by atoms with Crippen LogP contribution >= 0.6 is 11.8 Å². The van der Waals surface area contributed by atoms with Crippen LogP contribution in [0.3, 0.4) is 0 Å². The normalized spacial score (nSPS) is 15.0. The number of hydrogen-bond donors (Lipinski definition) is 1. The monoisotopic (exact) mass is 424 g/mol. The molecule has 1 saturated heterocycles. The van der Waals surface area contributed by atoms with Gasteiger partial charge in [-0.3, -0.25) is 19.3 Å². The molecule has 2 aromatic rings. The highest BCUT2D eigenvalue weighted by Crippen LogP contribution is 2.31. The molecule has 0 saturated carbocycles. The number of thioether (sulfide) groups is 1. The summed E-state index contributed by atoms with van der Waals surface area (Å²) in [4.78, 5) is 38.4. The topological polar surface area (TPSA) is 75.7 Å². The van der Waals surface area contributed by atoms with E-state index in [1.807, 2.05) is 62.4 Å². The number of benzene rings is 2. The molecule has 30 heavy (non-hydrogen) atoms. The molecular weight excluding hydrogens is 400 g/mol. The molecule has 2 aromatic carbocycles. The first-order chi connectivity index (χ1) is 14.5. The summed E-state index contributed by atoms with van der Waals surface area (Å²) >= 11 is 0.922. The smallest absolute Gasteiger partial charge is 0.293 e. The minimum atomic E-state index is -0.327. The number of carbonyl (C=O) groups excluding carboxylic acids is 3. The zero-order valence-corrected chi connectivity index (χ0v) is 17.8. The lowest BCUT2D eigenvalue weighted by molar-refractivity contribution is -0.124. The molecule has 0 bridgehead atoms. The van der Waals surface area contributed by atoms with Gasteiger partial charge in [-0.25, -0.2) is 0 Å². The van der Waals surface area contributed by atoms with Crippen LogP contribution in [-0.4, -0.2) is 41.6 Å². The maximum absolute atomic E-state index is 12.5. The Bertz CT molecular complexity index is 952. The van der Waals surface area contributed by atoms with Gasteiger partial charge >= 0.3 is 0 Å². The van der Waals surface area contributed by atoms with Gasteiger partial charge in [0.2, 0.25) is 5.91 Å². The van der Waals surface area contributed by atoms with Gasteiger partial charge in [-0.15, -0.1) is 0 Å². The lowest BCUT2D eigenvalue weighted by atomic mass is 10.1. The molecule has 3 rings (SSSR count). The summed E-state index contributed by atoms with van der Waals surface area (Å²) < 4.78 is 5.38. The van der Waals surface area contributed by atoms with E-state index in [1.54, 1.807) is 6.08 Å². The largest absolute Gasteiger partial charge is 0.494 e. The second-order valence-corrected chi connectivity index (χ2v) is 7.84. The van der Waals surface area contributed by atoms with E-state index in [2.05, 4.69) is 5.32 Å². The summed E-state index contributed by atoms with van der Waals surface area (Å²) in [6, 6.07) is 15.1. The van der Waals surface area contributed by atoms with E-state index in [0.29, 0.717) is 11.5 Å². The zero-order chi connectivity index (χ0) is 21.5. The van der Waals surface area contributed by atoms with Gasteiger partial charge in [0.15, 0.2) is 0 Å². The molecule has 1 N–H and O–H groups in total. The van der Waals surface area contributed by atoms with Crippen molar-refractivity contribution in [1.29, 1.82) is 0 Å². The van der Waals surface area contributed by atoms with Crippen molar-refractivity contribution >= 4 is 34.9 Å². The van der Waals surface area contributed by atoms with Gasteiger partial charge in [-0.1, -0.05) is 42.0 Å². The van der Waals surface area contributed by atoms with Crippen LogP contribution in [0, 0.1) is 6.92 Å². The van der Waals surface area contributed by atoms with Gasteiger partial charge < -0.3 is 10.1 Å². The lowest BCUT2D eigenvalue weighted by Crippen LogP contribution is -2.37. The molecule has 0 spiro atoms. The van der Waals surface area contributed by atoms with E-state index in [-0.39, 0.29) is 36.6 Å². The second-order valence-electron chi connectivity index (χ2n) is 6.85. The van der Waals surface area contributed by atoms with Crippen molar-refractivity contribution in [3.05, 3.63) is 70.1 Å². The fraction of sp³-hybridized carbons (Fsp3) is 0.261. The molecule has 1 aliphatic rings. The highest BCUT2D eigenvalue weighted by atomic mass is 32.2. The molecular formula is C23H24N2O4S. The van der Waals surface area contributed by atoms with E-state index < -0.39 is 0 Å². The summed E-state index contributed by atoms with van der Waals surface area (Å²) in [7, 11) is 0. The van der Waals surface area contributed by atoms with Gasteiger partial charge in [-0.2, -0.15) is 0 Å². The Morgan fingerprint density at radius 2 is 1.80 bits per heavy atom. The summed E-state index contributed by atoms with van der Waals surface area (Å²) in [6.07, 6.45) is 1.94. The molecule has 6 nitrogen and oxygen atoms in total. The second kappa shape index (κ2) is 10.1. The maximum Gasteiger partial charge on any atom is 0.293 e. The van der Waals surface area contributed by atoms with Crippen molar-refractivity contribution in [2.75, 3.05) is 19.7 Å². The number of nitrogens with one attached hydrogen (secondary N) is 1. The van der Waals surface area contributed by atoms with Crippen LogP contribution in [0.2, 0.25) is 0 Å². The quantitative estimate of drug-likeness (QED) is 0.653. The average Bonchev–Trinajstić information content (AvgIpc) is 2.99. The van der Waals surface area contributed by atoms with Crippen molar-refractivity contribution < 1.29 is 19.1 Å². The van der Waals surface area contributed by atoms with Crippen LogP contribution in [0.1, 0.15) is 23.6 Å². The Hall–Kier alpha value is -3.06. The van der Waals surface area contributed by atoms with E-state index >= 15 is 0 Å². The van der Waals surface area contributed by atoms with Crippen LogP contribution in [-0.2, 0) is 16.0 Å². The molecule has 1 heterocycles. The predicted octanol–water partition coefficient (Wildman–Crippen LogP) is 3.79. The van der Waals surface area contributed by atoms with Crippen LogP contribution in [0.4, 0.5) is 4.79 Å². The Morgan fingerprint density at radius 1 is 1.10 bits per heavy atom. The van der Waals surface area contributed by atoms with Crippen molar-refractivity contribution in [1.82, 2.24) is 10.2 Å². The summed E-state index contributed by atoms with van der Waals surface area (Å²) in [5.74, 6) is 0.271. The Morgan fingerprint density at radius 3 is 2.47 bits per heavy atom. The Balaban J connectivity index is 1.49. The average molecular weight is 425 g/mol. The van der Waals surface area contributed by atoms with Crippen molar-refractivity contribution in [3.63, 3.8) is 0 Å². The number of imide groups is 1. The SMILES string of the molecule is CCOc1ccc(CC(=O)NCCN2C(=O)S/C(=C/c3ccc(C)cc3)C2=O)cc1. The molecule has 156 valence electrons. The number of hydrogen-bond acceptors (Lipinski definition) is 5. The fourth-order valence-electron chi connectivity index (χ4n) is 2.93. The van der Waals surface area contributed by atoms with E-state index in [9.17, 15) is 14.4 Å². The Labute approximate surface area is 180 Å². The van der Waals surface area contributed by atoms with Crippen molar-refractivity contribution in [3.8, 4) is 5.75 Å². The highest BCUT2D eigenvalue weighted by Gasteiger charge is 2.34. The third-order valence-corrected chi connectivity index (χ3v) is 5.41. The molecule has 0 radical (unpaired) electrons. The van der Waals surface area contributed by atoms with Gasteiger partial charge in [0.25, 0.3) is 11.1 Å². The van der Waals surface area contributed by atoms with Gasteiger partial charge in [-0.05, 0) is 54.9 Å². The highest BCUT2D eigenvalue weighted by molar-refractivity contribution is 8.18. The minimum absolute atomic E-state index is 0.144. The number of ether oxygens (including phenoxy) is 1. The molecule has 0 aliphatic carbocycles. The summed E-state index contributed by atoms with van der Waals surface area (Å²) in [6.45, 7) is 4.85. The summed E-state index contributed by atoms with van der Waals surface area (Å²) in [5.41, 5.74) is 2.86. The number of carbonyl (C=O) groups is 3. The van der Waals surface area contributed by atoms with E-state index in [4.69, 9.17) is 4.74 Å². The molecule has 7 heteroatoms. The van der Waals surface area contributed by atoms with Crippen LogP contribution in [0.15, 0.2) is 53.4 Å². The molecule has 0 aromatic heterocycles. The van der Waals surface area contributed by atoms with E-state index in [1.165, 1.54) is 4.90 Å². The van der Waals surface area contributed by atoms with Crippen molar-refractivity contribution in [2.24, 2.45) is 0 Å². The molecule has 3 amide bonds. The number of amides is 3. The standard InChI is InChI=1S/C23H24N2O4S/c1-3-29-19-10-8-18(9-11-19)15-21(26)24-12-13-25-22(27)20(30-23(25)28)14-17-6-4-16(2)5-7-17/h4-11,14H,3,12-13,15H2,1-2H3,(H,24,26)/b20-14+. The molecule has 0 atom stereocenters. The zero-order valence-electron chi connectivity index (χ0n) is 17.0. The Kier molecular flexibility index (Phi) is 7.30. The minimum Gasteiger partial charge on any atom is -0.494 e. The molecule has 0 unspecified atom stereocenters. The van der Waals surface area contributed by atoms with Crippen LogP contribution in [0.25, 0.3) is 6.08 Å². The first-order valence-corrected chi connectivity index (χ1v) is 10.6. The van der Waals surface area contributed by atoms with Crippen LogP contribution in [0.5, 0.6) is 5.75 Å². The first-order valence-electron chi connectivity index (χ1n) is 9.76. The third-order valence-electron chi connectivity index (χ3n) is 4.51. The van der Waals surface area contributed by atoms with Gasteiger partial charge in [0.05, 0.1) is 17.9 Å². The van der Waals surface area contributed by atoms with Crippen LogP contribution < -0.4 is 10.1 Å². The van der Waals surface area contributed by atoms with Gasteiger partial charge in [0.1, 0.15) is 5.75 Å². The van der Waals surface area contributed by atoms with E-state index in [0.717, 1.165) is 34.2 Å². The number of nitrogens with zero attached hydrogens (tertiary/aromatic N) is 1. The third kappa shape index (κ3) is 5.73. The lowest BCUT2D eigenvalue weighted by Gasteiger charge is -2.13. The fourth-order valence-corrected chi connectivity index (χ4v) is 3.80. The molecule has 1 aliphatic heterocycles. The van der Waals surface area contributed by atoms with Crippen molar-refractivity contribution in [2.45, 2.75) is 20.3 Å². The molecule has 1 fully saturated rings. The summed E-state index contributed by atoms with van der Waals surface area (Å²) in [5, 5.41) is 2.44. The number of aryl methyl sites for hydroxylation is 1. The number of rotatable bonds is 8. The maximum atomic E-state index is 12.5.